The van der Waals surface area contributed by atoms with Gasteiger partial charge in [-0.3, -0.25) is 4.90 Å². The van der Waals surface area contributed by atoms with Crippen LogP contribution in [-0.2, 0) is 0 Å². The summed E-state index contributed by atoms with van der Waals surface area (Å²) in [5.41, 5.74) is 6.47. The van der Waals surface area contributed by atoms with Crippen LogP contribution < -0.4 is 5.73 Å². The fourth-order valence-electron chi connectivity index (χ4n) is 3.86. The van der Waals surface area contributed by atoms with Gasteiger partial charge in [0.15, 0.2) is 0 Å². The molecule has 0 radical (unpaired) electrons. The fraction of sp³-hybridized carbons (Fsp3) is 1.00. The molecule has 1 aliphatic carbocycles. The smallest absolute Gasteiger partial charge is 0.0338 e. The molecule has 0 atom stereocenters. The Balaban J connectivity index is 1.83. The highest BCUT2D eigenvalue weighted by Crippen LogP contribution is 2.45. The lowest BCUT2D eigenvalue weighted by Crippen LogP contribution is -2.66. The molecule has 1 heterocycles. The maximum atomic E-state index is 6.12. The van der Waals surface area contributed by atoms with E-state index in [1.807, 2.05) is 0 Å². The van der Waals surface area contributed by atoms with Crippen molar-refractivity contribution in [2.24, 2.45) is 23.5 Å². The summed E-state index contributed by atoms with van der Waals surface area (Å²) in [7, 11) is 0. The van der Waals surface area contributed by atoms with Crippen molar-refractivity contribution in [2.75, 3.05) is 39.3 Å². The van der Waals surface area contributed by atoms with Crippen LogP contribution in [0, 0.1) is 17.8 Å². The van der Waals surface area contributed by atoms with Crippen molar-refractivity contribution in [3.63, 3.8) is 0 Å². The van der Waals surface area contributed by atoms with Gasteiger partial charge in [-0.25, -0.2) is 0 Å². The van der Waals surface area contributed by atoms with Crippen LogP contribution >= 0.6 is 0 Å². The molecule has 0 bridgehead atoms. The lowest BCUT2D eigenvalue weighted by molar-refractivity contribution is -0.0579. The first kappa shape index (κ1) is 15.3. The van der Waals surface area contributed by atoms with Crippen LogP contribution in [0.4, 0.5) is 0 Å². The molecular formula is C16H33N3. The van der Waals surface area contributed by atoms with E-state index in [0.717, 1.165) is 24.3 Å². The Kier molecular flexibility index (Phi) is 4.91. The largest absolute Gasteiger partial charge is 0.329 e. The lowest BCUT2D eigenvalue weighted by atomic mass is 9.63. The monoisotopic (exact) mass is 267 g/mol. The molecule has 1 aliphatic heterocycles. The maximum absolute atomic E-state index is 6.12. The Labute approximate surface area is 119 Å². The van der Waals surface area contributed by atoms with E-state index in [1.54, 1.807) is 0 Å². The third-order valence-corrected chi connectivity index (χ3v) is 5.27. The Bertz CT molecular complexity index is 274. The second kappa shape index (κ2) is 6.11. The molecule has 1 saturated carbocycles. The molecule has 112 valence electrons. The highest BCUT2D eigenvalue weighted by Gasteiger charge is 2.48. The predicted octanol–water partition coefficient (Wildman–Crippen LogP) is 2.02. The average Bonchev–Trinajstić information content (AvgIpc) is 2.29. The van der Waals surface area contributed by atoms with Gasteiger partial charge in [0.1, 0.15) is 0 Å². The predicted molar refractivity (Wildman–Crippen MR) is 82.2 cm³/mol. The minimum Gasteiger partial charge on any atom is -0.329 e. The van der Waals surface area contributed by atoms with Crippen LogP contribution in [0.15, 0.2) is 0 Å². The van der Waals surface area contributed by atoms with Gasteiger partial charge in [-0.1, -0.05) is 27.7 Å². The molecule has 2 fully saturated rings. The molecule has 0 unspecified atom stereocenters. The van der Waals surface area contributed by atoms with Crippen LogP contribution in [0.1, 0.15) is 40.5 Å². The van der Waals surface area contributed by atoms with Gasteiger partial charge >= 0.3 is 0 Å². The van der Waals surface area contributed by atoms with E-state index in [1.165, 1.54) is 45.6 Å². The molecule has 3 heteroatoms. The summed E-state index contributed by atoms with van der Waals surface area (Å²) in [6.45, 7) is 16.3. The molecule has 0 aromatic carbocycles. The summed E-state index contributed by atoms with van der Waals surface area (Å²) in [6, 6.07) is 0. The minimum absolute atomic E-state index is 0.346. The van der Waals surface area contributed by atoms with Crippen molar-refractivity contribution >= 4 is 0 Å². The van der Waals surface area contributed by atoms with E-state index in [9.17, 15) is 0 Å². The molecule has 0 aromatic rings. The second-order valence-corrected chi connectivity index (χ2v) is 7.52. The number of rotatable bonds is 5. The van der Waals surface area contributed by atoms with Crippen molar-refractivity contribution in [2.45, 2.75) is 46.1 Å². The van der Waals surface area contributed by atoms with Crippen LogP contribution in [0.3, 0.4) is 0 Å². The zero-order chi connectivity index (χ0) is 14.0. The normalized spacial score (nSPS) is 33.9. The van der Waals surface area contributed by atoms with E-state index >= 15 is 0 Å². The highest BCUT2D eigenvalue weighted by atomic mass is 15.3. The first-order chi connectivity index (χ1) is 8.97. The number of piperazine rings is 1. The van der Waals surface area contributed by atoms with Gasteiger partial charge in [0.2, 0.25) is 0 Å². The summed E-state index contributed by atoms with van der Waals surface area (Å²) >= 11 is 0. The van der Waals surface area contributed by atoms with Gasteiger partial charge in [0.05, 0.1) is 0 Å². The standard InChI is InChI=1S/C16H33N3/c1-13(2)11-18-5-7-19(8-6-18)16(12-17)9-15(10-16)14(3)4/h13-15H,5-12,17H2,1-4H3. The van der Waals surface area contributed by atoms with E-state index in [-0.39, 0.29) is 0 Å². The highest BCUT2D eigenvalue weighted by molar-refractivity contribution is 5.05. The number of hydrogen-bond donors (Lipinski definition) is 1. The van der Waals surface area contributed by atoms with Gasteiger partial charge in [0.25, 0.3) is 0 Å². The van der Waals surface area contributed by atoms with Crippen molar-refractivity contribution < 1.29 is 0 Å². The fourth-order valence-corrected chi connectivity index (χ4v) is 3.86. The molecule has 1 saturated heterocycles. The van der Waals surface area contributed by atoms with Crippen LogP contribution in [0.5, 0.6) is 0 Å². The third kappa shape index (κ3) is 3.32. The van der Waals surface area contributed by atoms with E-state index in [4.69, 9.17) is 5.73 Å². The molecule has 0 aromatic heterocycles. The van der Waals surface area contributed by atoms with E-state index in [0.29, 0.717) is 5.54 Å². The second-order valence-electron chi connectivity index (χ2n) is 7.52. The first-order valence-corrected chi connectivity index (χ1v) is 8.14. The summed E-state index contributed by atoms with van der Waals surface area (Å²) in [5.74, 6) is 2.50. The average molecular weight is 267 g/mol. The minimum atomic E-state index is 0.346. The Morgan fingerprint density at radius 1 is 1.05 bits per heavy atom. The third-order valence-electron chi connectivity index (χ3n) is 5.27. The van der Waals surface area contributed by atoms with Crippen molar-refractivity contribution in [3.8, 4) is 0 Å². The maximum Gasteiger partial charge on any atom is 0.0338 e. The quantitative estimate of drug-likeness (QED) is 0.827. The van der Waals surface area contributed by atoms with Gasteiger partial charge in [-0.05, 0) is 30.6 Å². The summed E-state index contributed by atoms with van der Waals surface area (Å²) in [5, 5.41) is 0. The molecule has 19 heavy (non-hydrogen) atoms. The number of nitrogens with two attached hydrogens (primary N) is 1. The van der Waals surface area contributed by atoms with Gasteiger partial charge in [0, 0.05) is 44.8 Å². The van der Waals surface area contributed by atoms with Crippen LogP contribution in [0.2, 0.25) is 0 Å². The van der Waals surface area contributed by atoms with Gasteiger partial charge in [-0.2, -0.15) is 0 Å². The van der Waals surface area contributed by atoms with E-state index < -0.39 is 0 Å². The van der Waals surface area contributed by atoms with Crippen molar-refractivity contribution in [3.05, 3.63) is 0 Å². The topological polar surface area (TPSA) is 32.5 Å². The zero-order valence-electron chi connectivity index (χ0n) is 13.4. The molecular weight excluding hydrogens is 234 g/mol. The zero-order valence-corrected chi connectivity index (χ0v) is 13.4. The Morgan fingerprint density at radius 3 is 2.05 bits per heavy atom. The van der Waals surface area contributed by atoms with Gasteiger partial charge < -0.3 is 10.6 Å². The molecule has 3 nitrogen and oxygen atoms in total. The SMILES string of the molecule is CC(C)CN1CCN(C2(CN)CC(C(C)C)C2)CC1. The first-order valence-electron chi connectivity index (χ1n) is 8.14. The van der Waals surface area contributed by atoms with E-state index in [2.05, 4.69) is 37.5 Å². The van der Waals surface area contributed by atoms with Gasteiger partial charge in [-0.15, -0.1) is 0 Å². The van der Waals surface area contributed by atoms with Crippen molar-refractivity contribution in [1.82, 2.24) is 9.80 Å². The number of nitrogens with zero attached hydrogens (tertiary/aromatic N) is 2. The molecule has 0 spiro atoms. The summed E-state index contributed by atoms with van der Waals surface area (Å²) < 4.78 is 0. The Hall–Kier alpha value is -0.120. The molecule has 2 N–H and O–H groups in total. The molecule has 0 amide bonds. The summed E-state index contributed by atoms with van der Waals surface area (Å²) in [6.07, 6.45) is 2.65. The van der Waals surface area contributed by atoms with Crippen LogP contribution in [0.25, 0.3) is 0 Å². The number of hydrogen-bond acceptors (Lipinski definition) is 3. The van der Waals surface area contributed by atoms with Crippen molar-refractivity contribution in [1.29, 1.82) is 0 Å². The molecule has 2 rings (SSSR count). The van der Waals surface area contributed by atoms with Crippen LogP contribution in [-0.4, -0.2) is 54.6 Å². The lowest BCUT2D eigenvalue weighted by Gasteiger charge is -2.57. The summed E-state index contributed by atoms with van der Waals surface area (Å²) in [4.78, 5) is 5.31. The Morgan fingerprint density at radius 2 is 1.63 bits per heavy atom. The molecule has 2 aliphatic rings.